The van der Waals surface area contributed by atoms with Gasteiger partial charge in [0.25, 0.3) is 0 Å². The molecule has 12 heavy (non-hydrogen) atoms. The summed E-state index contributed by atoms with van der Waals surface area (Å²) in [6.45, 7) is 3.96. The van der Waals surface area contributed by atoms with Crippen molar-refractivity contribution >= 4 is 5.82 Å². The number of pyridine rings is 1. The van der Waals surface area contributed by atoms with Crippen molar-refractivity contribution in [2.24, 2.45) is 0 Å². The molecular weight excluding hydrogens is 152 g/mol. The lowest BCUT2D eigenvalue weighted by Crippen LogP contribution is -2.07. The minimum atomic E-state index is 0.171. The van der Waals surface area contributed by atoms with E-state index in [1.807, 2.05) is 39.1 Å². The number of anilines is 1. The van der Waals surface area contributed by atoms with Crippen molar-refractivity contribution in [1.82, 2.24) is 4.98 Å². The third-order valence-corrected chi connectivity index (χ3v) is 1.34. The Kier molecular flexibility index (Phi) is 2.91. The summed E-state index contributed by atoms with van der Waals surface area (Å²) in [7, 11) is 1.83. The van der Waals surface area contributed by atoms with E-state index in [2.05, 4.69) is 10.3 Å². The Labute approximate surface area is 72.8 Å². The van der Waals surface area contributed by atoms with Crippen LogP contribution in [0.2, 0.25) is 0 Å². The molecule has 0 atom stereocenters. The third kappa shape index (κ3) is 2.42. The maximum Gasteiger partial charge on any atom is 0.215 e. The average molecular weight is 166 g/mol. The average Bonchev–Trinajstić information content (AvgIpc) is 2.03. The van der Waals surface area contributed by atoms with Crippen molar-refractivity contribution in [2.75, 3.05) is 12.4 Å². The molecule has 0 bridgehead atoms. The second kappa shape index (κ2) is 3.95. The van der Waals surface area contributed by atoms with Crippen LogP contribution in [-0.4, -0.2) is 18.1 Å². The van der Waals surface area contributed by atoms with Crippen molar-refractivity contribution in [3.63, 3.8) is 0 Å². The molecule has 1 aromatic rings. The fourth-order valence-corrected chi connectivity index (χ4v) is 0.861. The molecule has 1 N–H and O–H groups in total. The highest BCUT2D eigenvalue weighted by Gasteiger charge is 1.98. The SMILES string of the molecule is CNc1cccc(OC(C)C)n1. The molecule has 0 fully saturated rings. The first kappa shape index (κ1) is 8.84. The van der Waals surface area contributed by atoms with E-state index in [1.54, 1.807) is 0 Å². The van der Waals surface area contributed by atoms with Crippen molar-refractivity contribution in [1.29, 1.82) is 0 Å². The van der Waals surface area contributed by atoms with Gasteiger partial charge in [0.15, 0.2) is 0 Å². The predicted molar refractivity (Wildman–Crippen MR) is 49.5 cm³/mol. The highest BCUT2D eigenvalue weighted by molar-refractivity contribution is 5.35. The Morgan fingerprint density at radius 1 is 1.42 bits per heavy atom. The highest BCUT2D eigenvalue weighted by Crippen LogP contribution is 2.11. The van der Waals surface area contributed by atoms with Gasteiger partial charge >= 0.3 is 0 Å². The summed E-state index contributed by atoms with van der Waals surface area (Å²) in [4.78, 5) is 4.20. The van der Waals surface area contributed by atoms with Gasteiger partial charge in [-0.05, 0) is 19.9 Å². The Morgan fingerprint density at radius 2 is 2.17 bits per heavy atom. The Balaban J connectivity index is 2.72. The van der Waals surface area contributed by atoms with Crippen LogP contribution in [0.5, 0.6) is 5.88 Å². The maximum atomic E-state index is 5.41. The fourth-order valence-electron chi connectivity index (χ4n) is 0.861. The first-order chi connectivity index (χ1) is 5.72. The van der Waals surface area contributed by atoms with E-state index < -0.39 is 0 Å². The lowest BCUT2D eigenvalue weighted by molar-refractivity contribution is 0.233. The van der Waals surface area contributed by atoms with Gasteiger partial charge in [-0.15, -0.1) is 0 Å². The molecule has 0 saturated carbocycles. The number of aromatic nitrogens is 1. The molecule has 0 amide bonds. The number of ether oxygens (including phenoxy) is 1. The van der Waals surface area contributed by atoms with Crippen LogP contribution in [0, 0.1) is 0 Å². The molecule has 1 heterocycles. The van der Waals surface area contributed by atoms with Crippen LogP contribution in [-0.2, 0) is 0 Å². The van der Waals surface area contributed by atoms with Crippen LogP contribution in [0.15, 0.2) is 18.2 Å². The van der Waals surface area contributed by atoms with Crippen LogP contribution in [0.25, 0.3) is 0 Å². The van der Waals surface area contributed by atoms with E-state index in [0.29, 0.717) is 5.88 Å². The quantitative estimate of drug-likeness (QED) is 0.744. The predicted octanol–water partition coefficient (Wildman–Crippen LogP) is 1.91. The smallest absolute Gasteiger partial charge is 0.215 e. The standard InChI is InChI=1S/C9H14N2O/c1-7(2)12-9-6-4-5-8(10-3)11-9/h4-7H,1-3H3,(H,10,11). The number of nitrogens with zero attached hydrogens (tertiary/aromatic N) is 1. The fraction of sp³-hybridized carbons (Fsp3) is 0.444. The molecule has 1 aromatic heterocycles. The number of rotatable bonds is 3. The molecule has 0 radical (unpaired) electrons. The Bertz CT molecular complexity index is 248. The molecule has 0 aliphatic heterocycles. The zero-order chi connectivity index (χ0) is 8.97. The molecule has 3 nitrogen and oxygen atoms in total. The van der Waals surface area contributed by atoms with E-state index in [1.165, 1.54) is 0 Å². The summed E-state index contributed by atoms with van der Waals surface area (Å²) in [5.41, 5.74) is 0. The second-order valence-corrected chi connectivity index (χ2v) is 2.78. The van der Waals surface area contributed by atoms with E-state index in [0.717, 1.165) is 5.82 Å². The molecule has 1 rings (SSSR count). The van der Waals surface area contributed by atoms with E-state index >= 15 is 0 Å². The van der Waals surface area contributed by atoms with Gasteiger partial charge in [-0.2, -0.15) is 4.98 Å². The van der Waals surface area contributed by atoms with Crippen LogP contribution >= 0.6 is 0 Å². The van der Waals surface area contributed by atoms with E-state index in [-0.39, 0.29) is 6.10 Å². The molecule has 0 aromatic carbocycles. The summed E-state index contributed by atoms with van der Waals surface area (Å²) >= 11 is 0. The number of hydrogen-bond acceptors (Lipinski definition) is 3. The van der Waals surface area contributed by atoms with Crippen molar-refractivity contribution in [3.05, 3.63) is 18.2 Å². The normalized spacial score (nSPS) is 10.0. The zero-order valence-corrected chi connectivity index (χ0v) is 7.66. The zero-order valence-electron chi connectivity index (χ0n) is 7.66. The maximum absolute atomic E-state index is 5.41. The van der Waals surface area contributed by atoms with Gasteiger partial charge in [0.1, 0.15) is 5.82 Å². The van der Waals surface area contributed by atoms with Gasteiger partial charge in [-0.3, -0.25) is 0 Å². The Hall–Kier alpha value is -1.25. The van der Waals surface area contributed by atoms with Crippen molar-refractivity contribution in [3.8, 4) is 5.88 Å². The molecule has 0 spiro atoms. The summed E-state index contributed by atoms with van der Waals surface area (Å²) < 4.78 is 5.41. The number of hydrogen-bond donors (Lipinski definition) is 1. The minimum absolute atomic E-state index is 0.171. The van der Waals surface area contributed by atoms with Crippen molar-refractivity contribution in [2.45, 2.75) is 20.0 Å². The summed E-state index contributed by atoms with van der Waals surface area (Å²) in [5, 5.41) is 2.95. The van der Waals surface area contributed by atoms with Gasteiger partial charge in [-0.25, -0.2) is 0 Å². The van der Waals surface area contributed by atoms with Crippen LogP contribution in [0.1, 0.15) is 13.8 Å². The summed E-state index contributed by atoms with van der Waals surface area (Å²) in [5.74, 6) is 1.49. The topological polar surface area (TPSA) is 34.1 Å². The van der Waals surface area contributed by atoms with Gasteiger partial charge in [0.05, 0.1) is 6.10 Å². The lowest BCUT2D eigenvalue weighted by Gasteiger charge is -2.08. The van der Waals surface area contributed by atoms with Gasteiger partial charge in [-0.1, -0.05) is 6.07 Å². The van der Waals surface area contributed by atoms with Crippen LogP contribution < -0.4 is 10.1 Å². The first-order valence-electron chi connectivity index (χ1n) is 4.04. The summed E-state index contributed by atoms with van der Waals surface area (Å²) in [6, 6.07) is 5.66. The molecular formula is C9H14N2O. The second-order valence-electron chi connectivity index (χ2n) is 2.78. The summed E-state index contributed by atoms with van der Waals surface area (Å²) in [6.07, 6.45) is 0.171. The highest BCUT2D eigenvalue weighted by atomic mass is 16.5. The first-order valence-corrected chi connectivity index (χ1v) is 4.04. The monoisotopic (exact) mass is 166 g/mol. The molecule has 0 aliphatic rings. The molecule has 0 saturated heterocycles. The third-order valence-electron chi connectivity index (χ3n) is 1.34. The largest absolute Gasteiger partial charge is 0.475 e. The van der Waals surface area contributed by atoms with Crippen LogP contribution in [0.3, 0.4) is 0 Å². The molecule has 66 valence electrons. The molecule has 0 aliphatic carbocycles. The number of nitrogens with one attached hydrogen (secondary N) is 1. The van der Waals surface area contributed by atoms with Gasteiger partial charge in [0.2, 0.25) is 5.88 Å². The van der Waals surface area contributed by atoms with E-state index in [4.69, 9.17) is 4.74 Å². The molecule has 3 heteroatoms. The Morgan fingerprint density at radius 3 is 2.75 bits per heavy atom. The molecule has 0 unspecified atom stereocenters. The lowest BCUT2D eigenvalue weighted by atomic mass is 10.4. The van der Waals surface area contributed by atoms with Gasteiger partial charge in [0, 0.05) is 13.1 Å². The van der Waals surface area contributed by atoms with Crippen molar-refractivity contribution < 1.29 is 4.74 Å². The minimum Gasteiger partial charge on any atom is -0.475 e. The van der Waals surface area contributed by atoms with E-state index in [9.17, 15) is 0 Å². The van der Waals surface area contributed by atoms with Crippen LogP contribution in [0.4, 0.5) is 5.82 Å². The van der Waals surface area contributed by atoms with Gasteiger partial charge < -0.3 is 10.1 Å².